The highest BCUT2D eigenvalue weighted by Gasteiger charge is 2.19. The molecular weight excluding hydrogens is 326 g/mol. The standard InChI is InChI=1S/C15H19BrClNO/c16-13-3-1-2-12(8-13)9-15(19)18-10-11-4-6-14(17)7-5-11/h1-3,8,11,14H,4-7,9-10H2,(H,18,19). The van der Waals surface area contributed by atoms with Crippen LogP contribution in [0.2, 0.25) is 0 Å². The third kappa shape index (κ3) is 5.15. The molecule has 1 aromatic rings. The molecule has 2 nitrogen and oxygen atoms in total. The fraction of sp³-hybridized carbons (Fsp3) is 0.533. The number of benzene rings is 1. The van der Waals surface area contributed by atoms with Gasteiger partial charge in [-0.05, 0) is 49.3 Å². The maximum Gasteiger partial charge on any atom is 0.224 e. The van der Waals surface area contributed by atoms with E-state index in [1.807, 2.05) is 24.3 Å². The monoisotopic (exact) mass is 343 g/mol. The van der Waals surface area contributed by atoms with Crippen molar-refractivity contribution in [1.82, 2.24) is 5.32 Å². The summed E-state index contributed by atoms with van der Waals surface area (Å²) in [6.07, 6.45) is 4.86. The Kier molecular flexibility index (Phi) is 5.71. The molecule has 1 aliphatic carbocycles. The molecule has 0 bridgehead atoms. The first kappa shape index (κ1) is 14.9. The molecule has 0 atom stereocenters. The average molecular weight is 345 g/mol. The number of amides is 1. The Morgan fingerprint density at radius 3 is 2.74 bits per heavy atom. The molecule has 0 unspecified atom stereocenters. The van der Waals surface area contributed by atoms with Gasteiger partial charge in [0.15, 0.2) is 0 Å². The molecule has 1 fully saturated rings. The number of nitrogens with one attached hydrogen (secondary N) is 1. The molecule has 0 aromatic heterocycles. The van der Waals surface area contributed by atoms with Crippen molar-refractivity contribution in [2.24, 2.45) is 5.92 Å². The van der Waals surface area contributed by atoms with E-state index in [4.69, 9.17) is 11.6 Å². The zero-order valence-corrected chi connectivity index (χ0v) is 13.2. The van der Waals surface area contributed by atoms with Gasteiger partial charge >= 0.3 is 0 Å². The van der Waals surface area contributed by atoms with Crippen LogP contribution in [-0.2, 0) is 11.2 Å². The number of halogens is 2. The fourth-order valence-electron chi connectivity index (χ4n) is 2.48. The van der Waals surface area contributed by atoms with E-state index in [0.29, 0.717) is 17.7 Å². The van der Waals surface area contributed by atoms with E-state index in [0.717, 1.165) is 42.3 Å². The first-order chi connectivity index (χ1) is 9.13. The van der Waals surface area contributed by atoms with Crippen LogP contribution in [0.3, 0.4) is 0 Å². The van der Waals surface area contributed by atoms with Crippen molar-refractivity contribution in [3.63, 3.8) is 0 Å². The Morgan fingerprint density at radius 1 is 1.32 bits per heavy atom. The second-order valence-electron chi connectivity index (χ2n) is 5.23. The molecule has 1 aliphatic rings. The SMILES string of the molecule is O=C(Cc1cccc(Br)c1)NCC1CCC(Cl)CC1. The van der Waals surface area contributed by atoms with Crippen molar-refractivity contribution in [1.29, 1.82) is 0 Å². The highest BCUT2D eigenvalue weighted by Crippen LogP contribution is 2.26. The normalized spacial score (nSPS) is 23.1. The minimum atomic E-state index is 0.103. The smallest absolute Gasteiger partial charge is 0.224 e. The van der Waals surface area contributed by atoms with Gasteiger partial charge in [-0.25, -0.2) is 0 Å². The summed E-state index contributed by atoms with van der Waals surface area (Å²) < 4.78 is 1.01. The molecule has 1 saturated carbocycles. The van der Waals surface area contributed by atoms with Gasteiger partial charge in [0.2, 0.25) is 5.91 Å². The number of hydrogen-bond acceptors (Lipinski definition) is 1. The molecule has 1 aromatic carbocycles. The zero-order valence-electron chi connectivity index (χ0n) is 10.9. The third-order valence-corrected chi connectivity index (χ3v) is 4.55. The van der Waals surface area contributed by atoms with Crippen molar-refractivity contribution >= 4 is 33.4 Å². The first-order valence-corrected chi connectivity index (χ1v) is 8.01. The van der Waals surface area contributed by atoms with Crippen molar-refractivity contribution in [3.8, 4) is 0 Å². The zero-order chi connectivity index (χ0) is 13.7. The van der Waals surface area contributed by atoms with Crippen LogP contribution >= 0.6 is 27.5 Å². The topological polar surface area (TPSA) is 29.1 Å². The van der Waals surface area contributed by atoms with Crippen LogP contribution in [0.25, 0.3) is 0 Å². The quantitative estimate of drug-likeness (QED) is 0.825. The van der Waals surface area contributed by atoms with Gasteiger partial charge in [-0.15, -0.1) is 11.6 Å². The summed E-state index contributed by atoms with van der Waals surface area (Å²) in [5.74, 6) is 0.701. The highest BCUT2D eigenvalue weighted by atomic mass is 79.9. The predicted octanol–water partition coefficient (Wildman–Crippen LogP) is 3.91. The van der Waals surface area contributed by atoms with Crippen molar-refractivity contribution < 1.29 is 4.79 Å². The summed E-state index contributed by atoms with van der Waals surface area (Å²) in [5, 5.41) is 3.38. The summed E-state index contributed by atoms with van der Waals surface area (Å²) in [7, 11) is 0. The molecule has 0 aliphatic heterocycles. The van der Waals surface area contributed by atoms with Crippen LogP contribution in [0.5, 0.6) is 0 Å². The third-order valence-electron chi connectivity index (χ3n) is 3.62. The van der Waals surface area contributed by atoms with Gasteiger partial charge < -0.3 is 5.32 Å². The molecule has 0 saturated heterocycles. The molecule has 4 heteroatoms. The van der Waals surface area contributed by atoms with E-state index in [1.165, 1.54) is 0 Å². The van der Waals surface area contributed by atoms with Gasteiger partial charge in [-0.1, -0.05) is 28.1 Å². The lowest BCUT2D eigenvalue weighted by Crippen LogP contribution is -2.32. The Morgan fingerprint density at radius 2 is 2.05 bits per heavy atom. The maximum absolute atomic E-state index is 11.9. The summed E-state index contributed by atoms with van der Waals surface area (Å²) in [4.78, 5) is 11.9. The van der Waals surface area contributed by atoms with Crippen LogP contribution in [0.15, 0.2) is 28.7 Å². The highest BCUT2D eigenvalue weighted by molar-refractivity contribution is 9.10. The number of rotatable bonds is 4. The minimum absolute atomic E-state index is 0.103. The molecule has 0 spiro atoms. The molecule has 1 N–H and O–H groups in total. The van der Waals surface area contributed by atoms with E-state index in [2.05, 4.69) is 21.2 Å². The number of alkyl halides is 1. The van der Waals surface area contributed by atoms with Gasteiger partial charge in [-0.3, -0.25) is 4.79 Å². The van der Waals surface area contributed by atoms with Crippen LogP contribution in [0, 0.1) is 5.92 Å². The fourth-order valence-corrected chi connectivity index (χ4v) is 3.18. The van der Waals surface area contributed by atoms with Crippen molar-refractivity contribution in [2.75, 3.05) is 6.54 Å². The van der Waals surface area contributed by atoms with Crippen LogP contribution in [0.1, 0.15) is 31.2 Å². The Labute approximate surface area is 128 Å². The lowest BCUT2D eigenvalue weighted by Gasteiger charge is -2.25. The summed E-state index contributed by atoms with van der Waals surface area (Å²) in [5.41, 5.74) is 1.04. The lowest BCUT2D eigenvalue weighted by molar-refractivity contribution is -0.120. The molecule has 0 heterocycles. The molecule has 1 amide bonds. The van der Waals surface area contributed by atoms with Crippen LogP contribution in [-0.4, -0.2) is 17.8 Å². The first-order valence-electron chi connectivity index (χ1n) is 6.78. The number of carbonyl (C=O) groups excluding carboxylic acids is 1. The van der Waals surface area contributed by atoms with Gasteiger partial charge in [0, 0.05) is 16.4 Å². The molecule has 104 valence electrons. The van der Waals surface area contributed by atoms with Crippen molar-refractivity contribution in [2.45, 2.75) is 37.5 Å². The molecular formula is C15H19BrClNO. The van der Waals surface area contributed by atoms with E-state index < -0.39 is 0 Å². The Bertz CT molecular complexity index is 430. The van der Waals surface area contributed by atoms with Crippen molar-refractivity contribution in [3.05, 3.63) is 34.3 Å². The second-order valence-corrected chi connectivity index (χ2v) is 6.76. The Hall–Kier alpha value is -0.540. The molecule has 2 rings (SSSR count). The van der Waals surface area contributed by atoms with E-state index in [9.17, 15) is 4.79 Å². The molecule has 19 heavy (non-hydrogen) atoms. The van der Waals surface area contributed by atoms with E-state index in [-0.39, 0.29) is 5.91 Å². The predicted molar refractivity (Wildman–Crippen MR) is 82.5 cm³/mol. The van der Waals surface area contributed by atoms with Gasteiger partial charge in [0.1, 0.15) is 0 Å². The average Bonchev–Trinajstić information content (AvgIpc) is 2.38. The lowest BCUT2D eigenvalue weighted by atomic mass is 9.89. The number of hydrogen-bond donors (Lipinski definition) is 1. The van der Waals surface area contributed by atoms with Gasteiger partial charge in [0.05, 0.1) is 6.42 Å². The van der Waals surface area contributed by atoms with E-state index >= 15 is 0 Å². The Balaban J connectivity index is 1.73. The van der Waals surface area contributed by atoms with Gasteiger partial charge in [-0.2, -0.15) is 0 Å². The summed E-state index contributed by atoms with van der Waals surface area (Å²) >= 11 is 9.49. The number of carbonyl (C=O) groups is 1. The van der Waals surface area contributed by atoms with E-state index in [1.54, 1.807) is 0 Å². The summed E-state index contributed by atoms with van der Waals surface area (Å²) in [6, 6.07) is 7.88. The summed E-state index contributed by atoms with van der Waals surface area (Å²) in [6.45, 7) is 0.788. The second kappa shape index (κ2) is 7.30. The van der Waals surface area contributed by atoms with Gasteiger partial charge in [0.25, 0.3) is 0 Å². The largest absolute Gasteiger partial charge is 0.356 e. The minimum Gasteiger partial charge on any atom is -0.356 e. The van der Waals surface area contributed by atoms with Crippen LogP contribution in [0.4, 0.5) is 0 Å². The maximum atomic E-state index is 11.9. The van der Waals surface area contributed by atoms with Crippen LogP contribution < -0.4 is 5.32 Å². The molecule has 0 radical (unpaired) electrons.